The molecule has 0 bridgehead atoms. The third-order valence-electron chi connectivity index (χ3n) is 3.89. The lowest BCUT2D eigenvalue weighted by atomic mass is 10.0. The number of aromatic nitrogens is 2. The first-order valence-corrected chi connectivity index (χ1v) is 7.74. The first-order chi connectivity index (χ1) is 10.9. The van der Waals surface area contributed by atoms with Crippen molar-refractivity contribution >= 4 is 11.8 Å². The molecule has 1 aliphatic rings. The van der Waals surface area contributed by atoms with E-state index in [1.54, 1.807) is 7.11 Å². The van der Waals surface area contributed by atoms with Gasteiger partial charge in [0.1, 0.15) is 5.82 Å². The lowest BCUT2D eigenvalue weighted by Gasteiger charge is -2.28. The highest BCUT2D eigenvalue weighted by molar-refractivity contribution is 5.44. The van der Waals surface area contributed by atoms with Gasteiger partial charge in [0.2, 0.25) is 5.95 Å². The van der Waals surface area contributed by atoms with E-state index in [4.69, 9.17) is 4.74 Å². The number of rotatable bonds is 6. The molecule has 0 radical (unpaired) electrons. The van der Waals surface area contributed by atoms with Crippen LogP contribution in [0.2, 0.25) is 0 Å². The van der Waals surface area contributed by atoms with Crippen molar-refractivity contribution < 1.29 is 4.74 Å². The third-order valence-corrected chi connectivity index (χ3v) is 3.89. The summed E-state index contributed by atoms with van der Waals surface area (Å²) in [6, 6.07) is 10.5. The summed E-state index contributed by atoms with van der Waals surface area (Å²) >= 11 is 0. The molecule has 3 rings (SSSR count). The number of anilines is 2. The Hall–Kier alpha value is -2.14. The number of benzene rings is 1. The maximum absolute atomic E-state index is 5.05. The van der Waals surface area contributed by atoms with Crippen LogP contribution in [-0.2, 0) is 17.7 Å². The SMILES string of the molecule is COCCCNc1ccnc(N2CCc3ccccc3C2)n1. The van der Waals surface area contributed by atoms with Gasteiger partial charge in [-0.05, 0) is 30.0 Å². The molecule has 0 atom stereocenters. The fourth-order valence-electron chi connectivity index (χ4n) is 2.70. The summed E-state index contributed by atoms with van der Waals surface area (Å²) in [5.74, 6) is 1.67. The normalized spacial score (nSPS) is 13.8. The number of nitrogens with zero attached hydrogens (tertiary/aromatic N) is 3. The van der Waals surface area contributed by atoms with Gasteiger partial charge in [0, 0.05) is 39.5 Å². The maximum atomic E-state index is 5.05. The van der Waals surface area contributed by atoms with Crippen LogP contribution >= 0.6 is 0 Å². The van der Waals surface area contributed by atoms with Crippen molar-refractivity contribution in [1.82, 2.24) is 9.97 Å². The molecular weight excluding hydrogens is 276 g/mol. The topological polar surface area (TPSA) is 50.3 Å². The molecule has 0 saturated heterocycles. The summed E-state index contributed by atoms with van der Waals surface area (Å²) in [5, 5.41) is 3.32. The fraction of sp³-hybridized carbons (Fsp3) is 0.412. The smallest absolute Gasteiger partial charge is 0.227 e. The number of nitrogens with one attached hydrogen (secondary N) is 1. The molecule has 2 heterocycles. The standard InChI is InChI=1S/C17H22N4O/c1-22-12-4-9-18-16-7-10-19-17(20-16)21-11-8-14-5-2-3-6-15(14)13-21/h2-3,5-7,10H,4,8-9,11-13H2,1H3,(H,18,19,20). The molecule has 0 unspecified atom stereocenters. The first-order valence-electron chi connectivity index (χ1n) is 7.74. The monoisotopic (exact) mass is 298 g/mol. The molecule has 0 fully saturated rings. The van der Waals surface area contributed by atoms with Crippen LogP contribution in [0.4, 0.5) is 11.8 Å². The third kappa shape index (κ3) is 3.54. The van der Waals surface area contributed by atoms with Gasteiger partial charge in [-0.15, -0.1) is 0 Å². The summed E-state index contributed by atoms with van der Waals surface area (Å²) in [5.41, 5.74) is 2.81. The van der Waals surface area contributed by atoms with Gasteiger partial charge in [-0.3, -0.25) is 0 Å². The zero-order valence-corrected chi connectivity index (χ0v) is 13.0. The zero-order valence-electron chi connectivity index (χ0n) is 13.0. The number of hydrogen-bond acceptors (Lipinski definition) is 5. The quantitative estimate of drug-likeness (QED) is 0.830. The Morgan fingerprint density at radius 1 is 1.23 bits per heavy atom. The van der Waals surface area contributed by atoms with Gasteiger partial charge in [-0.2, -0.15) is 4.98 Å². The summed E-state index contributed by atoms with van der Waals surface area (Å²) < 4.78 is 5.05. The van der Waals surface area contributed by atoms with Gasteiger partial charge in [-0.1, -0.05) is 24.3 Å². The molecule has 1 aromatic heterocycles. The Bertz CT molecular complexity index is 617. The highest BCUT2D eigenvalue weighted by Gasteiger charge is 2.18. The van der Waals surface area contributed by atoms with E-state index in [-0.39, 0.29) is 0 Å². The number of fused-ring (bicyclic) bond motifs is 1. The van der Waals surface area contributed by atoms with Gasteiger partial charge < -0.3 is 15.0 Å². The van der Waals surface area contributed by atoms with E-state index in [9.17, 15) is 0 Å². The average Bonchev–Trinajstić information content (AvgIpc) is 2.59. The van der Waals surface area contributed by atoms with Crippen LogP contribution in [0.15, 0.2) is 36.5 Å². The average molecular weight is 298 g/mol. The number of ether oxygens (including phenoxy) is 1. The van der Waals surface area contributed by atoms with Gasteiger partial charge in [-0.25, -0.2) is 4.98 Å². The van der Waals surface area contributed by atoms with E-state index >= 15 is 0 Å². The first kappa shape index (κ1) is 14.8. The van der Waals surface area contributed by atoms with Crippen molar-refractivity contribution in [3.05, 3.63) is 47.7 Å². The second-order valence-electron chi connectivity index (χ2n) is 5.46. The second kappa shape index (κ2) is 7.22. The molecule has 5 heteroatoms. The Morgan fingerprint density at radius 2 is 2.09 bits per heavy atom. The number of hydrogen-bond donors (Lipinski definition) is 1. The fourth-order valence-corrected chi connectivity index (χ4v) is 2.70. The summed E-state index contributed by atoms with van der Waals surface area (Å²) in [6.45, 7) is 3.45. The van der Waals surface area contributed by atoms with Crippen molar-refractivity contribution in [3.8, 4) is 0 Å². The van der Waals surface area contributed by atoms with E-state index in [0.29, 0.717) is 0 Å². The van der Waals surface area contributed by atoms with E-state index in [2.05, 4.69) is 44.5 Å². The molecule has 0 saturated carbocycles. The highest BCUT2D eigenvalue weighted by Crippen LogP contribution is 2.22. The van der Waals surface area contributed by atoms with Crippen LogP contribution in [0.1, 0.15) is 17.5 Å². The molecule has 22 heavy (non-hydrogen) atoms. The van der Waals surface area contributed by atoms with Crippen LogP contribution in [0.25, 0.3) is 0 Å². The maximum Gasteiger partial charge on any atom is 0.227 e. The molecule has 1 aromatic carbocycles. The van der Waals surface area contributed by atoms with E-state index in [1.807, 2.05) is 12.3 Å². The molecule has 1 N–H and O–H groups in total. The summed E-state index contributed by atoms with van der Waals surface area (Å²) in [4.78, 5) is 11.3. The molecule has 5 nitrogen and oxygen atoms in total. The van der Waals surface area contributed by atoms with Gasteiger partial charge >= 0.3 is 0 Å². The molecule has 0 spiro atoms. The lowest BCUT2D eigenvalue weighted by molar-refractivity contribution is 0.198. The van der Waals surface area contributed by atoms with Crippen LogP contribution in [0.3, 0.4) is 0 Å². The second-order valence-corrected chi connectivity index (χ2v) is 5.46. The van der Waals surface area contributed by atoms with Gasteiger partial charge in [0.05, 0.1) is 0 Å². The minimum atomic E-state index is 0.758. The van der Waals surface area contributed by atoms with E-state index in [0.717, 1.165) is 50.8 Å². The van der Waals surface area contributed by atoms with Crippen LogP contribution in [-0.4, -0.2) is 36.8 Å². The van der Waals surface area contributed by atoms with Crippen molar-refractivity contribution in [1.29, 1.82) is 0 Å². The molecule has 1 aliphatic heterocycles. The predicted molar refractivity (Wildman–Crippen MR) is 88.2 cm³/mol. The van der Waals surface area contributed by atoms with Crippen molar-refractivity contribution in [2.45, 2.75) is 19.4 Å². The molecule has 2 aromatic rings. The minimum Gasteiger partial charge on any atom is -0.385 e. The molecule has 116 valence electrons. The highest BCUT2D eigenvalue weighted by atomic mass is 16.5. The Kier molecular flexibility index (Phi) is 4.85. The minimum absolute atomic E-state index is 0.758. The zero-order chi connectivity index (χ0) is 15.2. The lowest BCUT2D eigenvalue weighted by Crippen LogP contribution is -2.31. The van der Waals surface area contributed by atoms with Gasteiger partial charge in [0.25, 0.3) is 0 Å². The molecule has 0 aliphatic carbocycles. The largest absolute Gasteiger partial charge is 0.385 e. The van der Waals surface area contributed by atoms with Crippen molar-refractivity contribution in [3.63, 3.8) is 0 Å². The van der Waals surface area contributed by atoms with Crippen LogP contribution in [0.5, 0.6) is 0 Å². The number of methoxy groups -OCH3 is 1. The van der Waals surface area contributed by atoms with E-state index in [1.165, 1.54) is 11.1 Å². The Labute approximate surface area is 131 Å². The Balaban J connectivity index is 1.65. The van der Waals surface area contributed by atoms with Crippen LogP contribution < -0.4 is 10.2 Å². The summed E-state index contributed by atoms with van der Waals surface area (Å²) in [6.07, 6.45) is 3.83. The predicted octanol–water partition coefficient (Wildman–Crippen LogP) is 2.49. The van der Waals surface area contributed by atoms with Gasteiger partial charge in [0.15, 0.2) is 0 Å². The summed E-state index contributed by atoms with van der Waals surface area (Å²) in [7, 11) is 1.72. The van der Waals surface area contributed by atoms with Crippen molar-refractivity contribution in [2.75, 3.05) is 37.0 Å². The van der Waals surface area contributed by atoms with E-state index < -0.39 is 0 Å². The molecular formula is C17H22N4O. The van der Waals surface area contributed by atoms with Crippen molar-refractivity contribution in [2.24, 2.45) is 0 Å². The Morgan fingerprint density at radius 3 is 2.95 bits per heavy atom. The van der Waals surface area contributed by atoms with Crippen LogP contribution in [0, 0.1) is 0 Å². The molecule has 0 amide bonds.